The van der Waals surface area contributed by atoms with Gasteiger partial charge in [-0.15, -0.1) is 0 Å². The fourth-order valence-corrected chi connectivity index (χ4v) is 2.59. The van der Waals surface area contributed by atoms with Crippen LogP contribution in [0.3, 0.4) is 0 Å². The number of ether oxygens (including phenoxy) is 1. The summed E-state index contributed by atoms with van der Waals surface area (Å²) in [6, 6.07) is 7.46. The van der Waals surface area contributed by atoms with Crippen LogP contribution >= 0.6 is 11.6 Å². The summed E-state index contributed by atoms with van der Waals surface area (Å²) in [4.78, 5) is 14.2. The van der Waals surface area contributed by atoms with Crippen LogP contribution in [-0.4, -0.2) is 56.7 Å². The summed E-state index contributed by atoms with van der Waals surface area (Å²) in [7, 11) is 2.08. The van der Waals surface area contributed by atoms with Crippen LogP contribution in [0.1, 0.15) is 18.5 Å². The second-order valence-corrected chi connectivity index (χ2v) is 6.16. The Hall–Kier alpha value is -1.14. The Morgan fingerprint density at radius 2 is 2.18 bits per heavy atom. The molecule has 1 aromatic rings. The number of likely N-dealkylation sites (N-methyl/N-ethyl adjacent to an activating group) is 1. The number of morpholine rings is 1. The molecule has 0 saturated carbocycles. The van der Waals surface area contributed by atoms with E-state index in [1.54, 1.807) is 0 Å². The first-order valence-electron chi connectivity index (χ1n) is 7.60. The van der Waals surface area contributed by atoms with Gasteiger partial charge in [-0.05, 0) is 31.7 Å². The molecule has 2 atom stereocenters. The van der Waals surface area contributed by atoms with Gasteiger partial charge in [0, 0.05) is 24.7 Å². The molecule has 5 nitrogen and oxygen atoms in total. The van der Waals surface area contributed by atoms with Crippen molar-refractivity contribution in [3.05, 3.63) is 34.9 Å². The zero-order valence-corrected chi connectivity index (χ0v) is 13.9. The highest BCUT2D eigenvalue weighted by atomic mass is 35.5. The predicted octanol–water partition coefficient (Wildman–Crippen LogP) is 1.44. The molecule has 0 spiro atoms. The second-order valence-electron chi connectivity index (χ2n) is 5.73. The van der Waals surface area contributed by atoms with Crippen molar-refractivity contribution in [2.75, 3.05) is 39.8 Å². The van der Waals surface area contributed by atoms with Gasteiger partial charge in [0.2, 0.25) is 5.91 Å². The lowest BCUT2D eigenvalue weighted by molar-refractivity contribution is -0.121. The summed E-state index contributed by atoms with van der Waals surface area (Å²) in [5.41, 5.74) is 1.04. The Bertz CT molecular complexity index is 481. The normalized spacial score (nSPS) is 20.6. The molecule has 1 fully saturated rings. The molecular formula is C16H24ClN3O2. The molecule has 1 aliphatic heterocycles. The Morgan fingerprint density at radius 1 is 1.45 bits per heavy atom. The molecule has 2 rings (SSSR count). The quantitative estimate of drug-likeness (QED) is 0.831. The SMILES string of the molecule is C[C@@H](NC(=O)CNC[C@@H]1CN(C)CCO1)c1ccc(Cl)cc1. The summed E-state index contributed by atoms with van der Waals surface area (Å²) in [6.45, 7) is 5.56. The van der Waals surface area contributed by atoms with Crippen molar-refractivity contribution in [3.8, 4) is 0 Å². The van der Waals surface area contributed by atoms with Crippen molar-refractivity contribution >= 4 is 17.5 Å². The number of benzene rings is 1. The van der Waals surface area contributed by atoms with Crippen LogP contribution in [0.15, 0.2) is 24.3 Å². The maximum atomic E-state index is 11.9. The van der Waals surface area contributed by atoms with E-state index in [0.717, 1.165) is 25.3 Å². The molecule has 0 aromatic heterocycles. The van der Waals surface area contributed by atoms with Gasteiger partial charge in [-0.1, -0.05) is 23.7 Å². The Kier molecular flexibility index (Phi) is 6.64. The van der Waals surface area contributed by atoms with Gasteiger partial charge in [-0.3, -0.25) is 4.79 Å². The van der Waals surface area contributed by atoms with E-state index in [0.29, 0.717) is 18.1 Å². The van der Waals surface area contributed by atoms with E-state index in [4.69, 9.17) is 16.3 Å². The van der Waals surface area contributed by atoms with Crippen molar-refractivity contribution in [1.29, 1.82) is 0 Å². The number of nitrogens with zero attached hydrogens (tertiary/aromatic N) is 1. The van der Waals surface area contributed by atoms with Gasteiger partial charge >= 0.3 is 0 Å². The number of carbonyl (C=O) groups excluding carboxylic acids is 1. The molecule has 1 saturated heterocycles. The van der Waals surface area contributed by atoms with Crippen LogP contribution < -0.4 is 10.6 Å². The van der Waals surface area contributed by atoms with E-state index < -0.39 is 0 Å². The smallest absolute Gasteiger partial charge is 0.234 e. The topological polar surface area (TPSA) is 53.6 Å². The number of hydrogen-bond acceptors (Lipinski definition) is 4. The average Bonchev–Trinajstić information content (AvgIpc) is 2.48. The van der Waals surface area contributed by atoms with Crippen molar-refractivity contribution in [2.45, 2.75) is 19.1 Å². The molecule has 1 aliphatic rings. The monoisotopic (exact) mass is 325 g/mol. The molecule has 1 amide bonds. The number of halogens is 1. The first-order valence-corrected chi connectivity index (χ1v) is 7.98. The predicted molar refractivity (Wildman–Crippen MR) is 88.1 cm³/mol. The van der Waals surface area contributed by atoms with Crippen molar-refractivity contribution in [3.63, 3.8) is 0 Å². The van der Waals surface area contributed by atoms with Crippen LogP contribution in [0.25, 0.3) is 0 Å². The number of carbonyl (C=O) groups is 1. The summed E-state index contributed by atoms with van der Waals surface area (Å²) in [5, 5.41) is 6.82. The van der Waals surface area contributed by atoms with Crippen LogP contribution in [0.5, 0.6) is 0 Å². The highest BCUT2D eigenvalue weighted by Gasteiger charge is 2.17. The van der Waals surface area contributed by atoms with E-state index in [-0.39, 0.29) is 18.1 Å². The molecule has 0 aliphatic carbocycles. The van der Waals surface area contributed by atoms with Crippen LogP contribution in [-0.2, 0) is 9.53 Å². The van der Waals surface area contributed by atoms with Crippen LogP contribution in [0.2, 0.25) is 5.02 Å². The summed E-state index contributed by atoms with van der Waals surface area (Å²) in [5.74, 6) is -0.0217. The lowest BCUT2D eigenvalue weighted by Gasteiger charge is -2.30. The van der Waals surface area contributed by atoms with Gasteiger partial charge < -0.3 is 20.3 Å². The van der Waals surface area contributed by atoms with E-state index >= 15 is 0 Å². The lowest BCUT2D eigenvalue weighted by Crippen LogP contribution is -2.46. The van der Waals surface area contributed by atoms with E-state index in [1.807, 2.05) is 31.2 Å². The third kappa shape index (κ3) is 5.57. The second kappa shape index (κ2) is 8.48. The van der Waals surface area contributed by atoms with Gasteiger partial charge in [-0.2, -0.15) is 0 Å². The molecular weight excluding hydrogens is 302 g/mol. The molecule has 0 unspecified atom stereocenters. The lowest BCUT2D eigenvalue weighted by atomic mass is 10.1. The van der Waals surface area contributed by atoms with Gasteiger partial charge in [0.15, 0.2) is 0 Å². The fourth-order valence-electron chi connectivity index (χ4n) is 2.46. The fraction of sp³-hybridized carbons (Fsp3) is 0.562. The minimum absolute atomic E-state index is 0.0217. The third-order valence-corrected chi connectivity index (χ3v) is 4.00. The Balaban J connectivity index is 1.68. The molecule has 1 heterocycles. The summed E-state index contributed by atoms with van der Waals surface area (Å²) < 4.78 is 5.64. The van der Waals surface area contributed by atoms with Gasteiger partial charge in [0.05, 0.1) is 25.3 Å². The van der Waals surface area contributed by atoms with Gasteiger partial charge in [0.25, 0.3) is 0 Å². The number of rotatable bonds is 6. The van der Waals surface area contributed by atoms with Crippen molar-refractivity contribution in [1.82, 2.24) is 15.5 Å². The Morgan fingerprint density at radius 3 is 2.86 bits per heavy atom. The number of nitrogens with one attached hydrogen (secondary N) is 2. The maximum Gasteiger partial charge on any atom is 0.234 e. The highest BCUT2D eigenvalue weighted by Crippen LogP contribution is 2.15. The van der Waals surface area contributed by atoms with E-state index in [1.165, 1.54) is 0 Å². The standard InChI is InChI=1S/C16H24ClN3O2/c1-12(13-3-5-14(17)6-4-13)19-16(21)10-18-9-15-11-20(2)7-8-22-15/h3-6,12,15,18H,7-11H2,1-2H3,(H,19,21)/t12-,15-/m1/s1. The van der Waals surface area contributed by atoms with Gasteiger partial charge in [-0.25, -0.2) is 0 Å². The van der Waals surface area contributed by atoms with E-state index in [2.05, 4.69) is 22.6 Å². The summed E-state index contributed by atoms with van der Waals surface area (Å²) >= 11 is 5.86. The largest absolute Gasteiger partial charge is 0.374 e. The molecule has 0 radical (unpaired) electrons. The van der Waals surface area contributed by atoms with Crippen molar-refractivity contribution in [2.24, 2.45) is 0 Å². The Labute approximate surface area is 137 Å². The first-order chi connectivity index (χ1) is 10.5. The highest BCUT2D eigenvalue weighted by molar-refractivity contribution is 6.30. The molecule has 122 valence electrons. The molecule has 22 heavy (non-hydrogen) atoms. The minimum Gasteiger partial charge on any atom is -0.374 e. The van der Waals surface area contributed by atoms with Crippen LogP contribution in [0.4, 0.5) is 0 Å². The zero-order chi connectivity index (χ0) is 15.9. The molecule has 2 N–H and O–H groups in total. The molecule has 6 heteroatoms. The molecule has 1 aromatic carbocycles. The molecule has 0 bridgehead atoms. The van der Waals surface area contributed by atoms with Crippen molar-refractivity contribution < 1.29 is 9.53 Å². The minimum atomic E-state index is -0.0383. The number of hydrogen-bond donors (Lipinski definition) is 2. The van der Waals surface area contributed by atoms with Gasteiger partial charge in [0.1, 0.15) is 0 Å². The maximum absolute atomic E-state index is 11.9. The van der Waals surface area contributed by atoms with E-state index in [9.17, 15) is 4.79 Å². The third-order valence-electron chi connectivity index (χ3n) is 3.75. The average molecular weight is 326 g/mol. The first kappa shape index (κ1) is 17.2. The zero-order valence-electron chi connectivity index (χ0n) is 13.1. The number of amides is 1. The van der Waals surface area contributed by atoms with Crippen LogP contribution in [0, 0.1) is 0 Å². The summed E-state index contributed by atoms with van der Waals surface area (Å²) in [6.07, 6.45) is 0.153.